The molecule has 0 aliphatic rings. The molecule has 1 aromatic rings. The molecule has 2 atom stereocenters. The second-order valence-electron chi connectivity index (χ2n) is 2.79. The Hall–Kier alpha value is -1.27. The first-order valence-electron chi connectivity index (χ1n) is 3.85. The van der Waals surface area contributed by atoms with E-state index in [0.717, 1.165) is 0 Å². The van der Waals surface area contributed by atoms with E-state index in [1.165, 1.54) is 17.8 Å². The second kappa shape index (κ2) is 3.63. The molecule has 0 aliphatic carbocycles. The van der Waals surface area contributed by atoms with Crippen molar-refractivity contribution >= 4 is 0 Å². The van der Waals surface area contributed by atoms with Gasteiger partial charge in [-0.05, 0) is 13.8 Å². The Kier molecular flexibility index (Phi) is 2.74. The summed E-state index contributed by atoms with van der Waals surface area (Å²) in [4.78, 5) is 7.32. The van der Waals surface area contributed by atoms with Gasteiger partial charge >= 0.3 is 0 Å². The minimum atomic E-state index is -1.07. The van der Waals surface area contributed by atoms with Gasteiger partial charge in [0.1, 0.15) is 12.2 Å². The standard InChI is InChI=1S/C7H12N4O2/c1-4(12)6(13)11-3-9-7(8)10-5(11)2/h3-4,6,8,12-13H,1-2H3. The molecule has 1 heterocycles. The molecule has 0 aliphatic heterocycles. The van der Waals surface area contributed by atoms with Gasteiger partial charge in [0.2, 0.25) is 5.62 Å². The van der Waals surface area contributed by atoms with E-state index in [1.54, 1.807) is 6.92 Å². The van der Waals surface area contributed by atoms with Crippen LogP contribution in [-0.4, -0.2) is 30.9 Å². The van der Waals surface area contributed by atoms with E-state index in [0.29, 0.717) is 5.82 Å². The van der Waals surface area contributed by atoms with Crippen LogP contribution in [0.25, 0.3) is 0 Å². The normalized spacial score (nSPS) is 15.4. The van der Waals surface area contributed by atoms with E-state index in [2.05, 4.69) is 9.97 Å². The first-order chi connectivity index (χ1) is 6.02. The Labute approximate surface area is 75.0 Å². The van der Waals surface area contributed by atoms with E-state index in [-0.39, 0.29) is 5.62 Å². The summed E-state index contributed by atoms with van der Waals surface area (Å²) < 4.78 is 1.31. The average Bonchev–Trinajstić information content (AvgIpc) is 2.03. The molecule has 13 heavy (non-hydrogen) atoms. The maximum atomic E-state index is 9.44. The first-order valence-corrected chi connectivity index (χ1v) is 3.85. The number of aliphatic hydroxyl groups is 2. The molecule has 0 saturated heterocycles. The summed E-state index contributed by atoms with van der Waals surface area (Å²) in [6.07, 6.45) is -0.688. The predicted octanol–water partition coefficient (Wildman–Crippen LogP) is -1.06. The largest absolute Gasteiger partial charge is 0.389 e. The highest BCUT2D eigenvalue weighted by atomic mass is 16.3. The van der Waals surface area contributed by atoms with Crippen molar-refractivity contribution in [2.75, 3.05) is 0 Å². The number of aliphatic hydroxyl groups excluding tert-OH is 2. The molecule has 2 unspecified atom stereocenters. The smallest absolute Gasteiger partial charge is 0.244 e. The van der Waals surface area contributed by atoms with Crippen LogP contribution in [0, 0.1) is 12.3 Å². The van der Waals surface area contributed by atoms with Crippen molar-refractivity contribution in [3.8, 4) is 0 Å². The van der Waals surface area contributed by atoms with Crippen molar-refractivity contribution in [2.45, 2.75) is 26.2 Å². The Balaban J connectivity index is 3.08. The summed E-state index contributed by atoms with van der Waals surface area (Å²) in [7, 11) is 0. The maximum absolute atomic E-state index is 9.44. The Morgan fingerprint density at radius 3 is 2.62 bits per heavy atom. The van der Waals surface area contributed by atoms with Gasteiger partial charge in [0.05, 0.1) is 6.10 Å². The third kappa shape index (κ3) is 2.10. The Bertz CT molecular complexity index is 347. The van der Waals surface area contributed by atoms with Crippen LogP contribution in [0.1, 0.15) is 19.0 Å². The van der Waals surface area contributed by atoms with Crippen molar-refractivity contribution in [3.05, 3.63) is 17.8 Å². The van der Waals surface area contributed by atoms with E-state index >= 15 is 0 Å². The predicted molar refractivity (Wildman–Crippen MR) is 43.6 cm³/mol. The first kappa shape index (κ1) is 9.82. The number of nitrogens with zero attached hydrogens (tertiary/aromatic N) is 3. The number of rotatable bonds is 2. The van der Waals surface area contributed by atoms with Gasteiger partial charge in [0.15, 0.2) is 6.23 Å². The third-order valence-electron chi connectivity index (χ3n) is 1.66. The molecule has 3 N–H and O–H groups in total. The van der Waals surface area contributed by atoms with Crippen LogP contribution in [-0.2, 0) is 0 Å². The van der Waals surface area contributed by atoms with E-state index in [9.17, 15) is 5.11 Å². The quantitative estimate of drug-likeness (QED) is 0.546. The number of nitrogens with one attached hydrogen (secondary N) is 1. The van der Waals surface area contributed by atoms with E-state index < -0.39 is 12.3 Å². The molecule has 0 amide bonds. The molecule has 6 nitrogen and oxygen atoms in total. The molecule has 0 fully saturated rings. The summed E-state index contributed by atoms with van der Waals surface area (Å²) >= 11 is 0. The Morgan fingerprint density at radius 1 is 1.54 bits per heavy atom. The monoisotopic (exact) mass is 184 g/mol. The summed E-state index contributed by atoms with van der Waals surface area (Å²) in [5.41, 5.74) is -0.105. The maximum Gasteiger partial charge on any atom is 0.244 e. The lowest BCUT2D eigenvalue weighted by Crippen LogP contribution is -2.27. The zero-order chi connectivity index (χ0) is 10.0. The lowest BCUT2D eigenvalue weighted by atomic mass is 10.3. The number of hydrogen-bond donors (Lipinski definition) is 3. The zero-order valence-corrected chi connectivity index (χ0v) is 7.47. The van der Waals surface area contributed by atoms with Crippen molar-refractivity contribution in [1.82, 2.24) is 14.5 Å². The van der Waals surface area contributed by atoms with Crippen LogP contribution in [0.4, 0.5) is 0 Å². The molecule has 0 spiro atoms. The van der Waals surface area contributed by atoms with Crippen molar-refractivity contribution in [2.24, 2.45) is 0 Å². The van der Waals surface area contributed by atoms with Gasteiger partial charge in [0, 0.05) is 0 Å². The fraction of sp³-hybridized carbons (Fsp3) is 0.571. The van der Waals surface area contributed by atoms with E-state index in [4.69, 9.17) is 10.5 Å². The summed E-state index contributed by atoms with van der Waals surface area (Å²) in [5.74, 6) is 0.438. The fourth-order valence-electron chi connectivity index (χ4n) is 0.932. The van der Waals surface area contributed by atoms with Crippen LogP contribution in [0.15, 0.2) is 6.33 Å². The summed E-state index contributed by atoms with van der Waals surface area (Å²) in [6, 6.07) is 0. The van der Waals surface area contributed by atoms with Crippen molar-refractivity contribution in [1.29, 1.82) is 5.41 Å². The van der Waals surface area contributed by atoms with Gasteiger partial charge < -0.3 is 10.2 Å². The minimum Gasteiger partial charge on any atom is -0.389 e. The van der Waals surface area contributed by atoms with Crippen LogP contribution < -0.4 is 5.62 Å². The van der Waals surface area contributed by atoms with Gasteiger partial charge in [-0.3, -0.25) is 9.98 Å². The number of aromatic nitrogens is 3. The molecular formula is C7H12N4O2. The highest BCUT2D eigenvalue weighted by molar-refractivity contribution is 4.84. The van der Waals surface area contributed by atoms with E-state index in [1.807, 2.05) is 0 Å². The van der Waals surface area contributed by atoms with Crippen LogP contribution in [0.2, 0.25) is 0 Å². The summed E-state index contributed by atoms with van der Waals surface area (Å²) in [5, 5.41) is 25.6. The molecule has 1 rings (SSSR count). The fourth-order valence-corrected chi connectivity index (χ4v) is 0.932. The Morgan fingerprint density at radius 2 is 2.15 bits per heavy atom. The highest BCUT2D eigenvalue weighted by Gasteiger charge is 2.13. The lowest BCUT2D eigenvalue weighted by molar-refractivity contribution is -0.0209. The summed E-state index contributed by atoms with van der Waals surface area (Å²) in [6.45, 7) is 3.09. The van der Waals surface area contributed by atoms with Gasteiger partial charge in [-0.2, -0.15) is 4.98 Å². The molecule has 0 bridgehead atoms. The van der Waals surface area contributed by atoms with Crippen molar-refractivity contribution < 1.29 is 10.2 Å². The molecule has 0 saturated carbocycles. The molecule has 1 aromatic heterocycles. The van der Waals surface area contributed by atoms with Crippen molar-refractivity contribution in [3.63, 3.8) is 0 Å². The molecule has 0 aromatic carbocycles. The minimum absolute atomic E-state index is 0.105. The highest BCUT2D eigenvalue weighted by Crippen LogP contribution is 2.07. The third-order valence-corrected chi connectivity index (χ3v) is 1.66. The lowest BCUT2D eigenvalue weighted by Gasteiger charge is -2.18. The van der Waals surface area contributed by atoms with Gasteiger partial charge in [-0.1, -0.05) is 0 Å². The molecular weight excluding hydrogens is 172 g/mol. The van der Waals surface area contributed by atoms with Crippen LogP contribution >= 0.6 is 0 Å². The van der Waals surface area contributed by atoms with Gasteiger partial charge in [-0.15, -0.1) is 0 Å². The molecule has 72 valence electrons. The SMILES string of the molecule is Cc1nc(=N)ncn1C(O)C(C)O. The second-order valence-corrected chi connectivity index (χ2v) is 2.79. The average molecular weight is 184 g/mol. The van der Waals surface area contributed by atoms with Crippen LogP contribution in [0.5, 0.6) is 0 Å². The molecule has 0 radical (unpaired) electrons. The van der Waals surface area contributed by atoms with Crippen LogP contribution in [0.3, 0.4) is 0 Å². The number of aryl methyl sites for hydroxylation is 1. The topological polar surface area (TPSA) is 95.0 Å². The number of hydrogen-bond acceptors (Lipinski definition) is 5. The molecule has 6 heteroatoms. The van der Waals surface area contributed by atoms with Gasteiger partial charge in [-0.25, -0.2) is 4.98 Å². The zero-order valence-electron chi connectivity index (χ0n) is 7.47. The van der Waals surface area contributed by atoms with Gasteiger partial charge in [0.25, 0.3) is 0 Å².